The van der Waals surface area contributed by atoms with Crippen LogP contribution in [-0.4, -0.2) is 48.6 Å². The van der Waals surface area contributed by atoms with E-state index >= 15 is 0 Å². The van der Waals surface area contributed by atoms with Gasteiger partial charge in [0, 0.05) is 42.3 Å². The molecule has 0 spiro atoms. The zero-order valence-electron chi connectivity index (χ0n) is 23.1. The van der Waals surface area contributed by atoms with Gasteiger partial charge in [-0.05, 0) is 72.6 Å². The first-order chi connectivity index (χ1) is 20.4. The Bertz CT molecular complexity index is 1490. The smallest absolute Gasteiger partial charge is 0.252 e. The molecule has 1 amide bonds. The van der Waals surface area contributed by atoms with Gasteiger partial charge in [0.05, 0.1) is 12.6 Å². The minimum Gasteiger partial charge on any atom is -0.488 e. The molecule has 3 aromatic rings. The van der Waals surface area contributed by atoms with Crippen molar-refractivity contribution in [3.63, 3.8) is 0 Å². The summed E-state index contributed by atoms with van der Waals surface area (Å²) in [4.78, 5) is 16.3. The maximum Gasteiger partial charge on any atom is 0.252 e. The number of piperazine rings is 1. The summed E-state index contributed by atoms with van der Waals surface area (Å²) in [5, 5.41) is 7.80. The van der Waals surface area contributed by atoms with Crippen LogP contribution in [0.2, 0.25) is 5.02 Å². The van der Waals surface area contributed by atoms with E-state index in [1.54, 1.807) is 0 Å². The van der Waals surface area contributed by atoms with E-state index in [1.807, 2.05) is 41.3 Å². The molecule has 2 bridgehead atoms. The fourth-order valence-electron chi connectivity index (χ4n) is 5.92. The summed E-state index contributed by atoms with van der Waals surface area (Å²) in [5.74, 6) is -4.01. The Kier molecular flexibility index (Phi) is 8.56. The van der Waals surface area contributed by atoms with E-state index < -0.39 is 23.2 Å². The molecular formula is C33H33ClF3N3O2. The third kappa shape index (κ3) is 6.21. The lowest BCUT2D eigenvalue weighted by Crippen LogP contribution is -2.60. The Morgan fingerprint density at radius 2 is 1.74 bits per heavy atom. The second kappa shape index (κ2) is 12.5. The number of carbonyl (C=O) groups excluding carboxylic acids is 1. The van der Waals surface area contributed by atoms with Crippen LogP contribution in [-0.2, 0) is 17.8 Å². The van der Waals surface area contributed by atoms with Crippen molar-refractivity contribution in [2.75, 3.05) is 19.7 Å². The van der Waals surface area contributed by atoms with Gasteiger partial charge in [-0.1, -0.05) is 54.1 Å². The first-order valence-corrected chi connectivity index (χ1v) is 14.9. The number of halogens is 4. The molecule has 5 nitrogen and oxygen atoms in total. The molecule has 0 aromatic heterocycles. The predicted octanol–water partition coefficient (Wildman–Crippen LogP) is 6.05. The number of nitrogens with zero attached hydrogens (tertiary/aromatic N) is 1. The number of rotatable bonds is 10. The summed E-state index contributed by atoms with van der Waals surface area (Å²) in [6, 6.07) is 17.8. The first kappa shape index (κ1) is 28.8. The van der Waals surface area contributed by atoms with Crippen molar-refractivity contribution in [3.05, 3.63) is 105 Å². The van der Waals surface area contributed by atoms with Crippen LogP contribution in [0.4, 0.5) is 13.2 Å². The Hall–Kier alpha value is -3.33. The molecule has 0 radical (unpaired) electrons. The molecule has 9 heteroatoms. The van der Waals surface area contributed by atoms with Crippen molar-refractivity contribution < 1.29 is 22.7 Å². The molecular weight excluding hydrogens is 563 g/mol. The number of amides is 1. The Morgan fingerprint density at radius 3 is 2.50 bits per heavy atom. The highest BCUT2D eigenvalue weighted by atomic mass is 35.5. The predicted molar refractivity (Wildman–Crippen MR) is 157 cm³/mol. The monoisotopic (exact) mass is 595 g/mol. The highest BCUT2D eigenvalue weighted by Crippen LogP contribution is 2.37. The third-order valence-corrected chi connectivity index (χ3v) is 8.61. The van der Waals surface area contributed by atoms with E-state index in [1.165, 1.54) is 0 Å². The molecule has 1 aliphatic carbocycles. The summed E-state index contributed by atoms with van der Waals surface area (Å²) in [6.07, 6.45) is 3.85. The molecule has 3 aromatic carbocycles. The van der Waals surface area contributed by atoms with Crippen molar-refractivity contribution in [2.45, 2.75) is 56.8 Å². The van der Waals surface area contributed by atoms with Gasteiger partial charge in [-0.2, -0.15) is 4.39 Å². The lowest BCUT2D eigenvalue weighted by Gasteiger charge is -2.41. The lowest BCUT2D eigenvalue weighted by molar-refractivity contribution is -0.128. The standard InChI is InChI=1S/C33H33ClF3N3O2/c34-26-6-2-1-5-22(26)19-40(24-11-12-24)33(41)30-25(16-23-17-38-18-29(30)39-23)21-9-7-20(8-10-21)4-3-15-42-32-28(36)14-13-27(35)31(32)37/h1-2,5-10,13-14,23-24,29,38-39H,3-4,11-12,15-19H2/t23-,29-/m1/s1. The largest absolute Gasteiger partial charge is 0.488 e. The molecule has 3 aliphatic rings. The quantitative estimate of drug-likeness (QED) is 0.221. The van der Waals surface area contributed by atoms with Crippen LogP contribution in [0.5, 0.6) is 5.75 Å². The van der Waals surface area contributed by atoms with Crippen LogP contribution in [0.1, 0.15) is 42.4 Å². The third-order valence-electron chi connectivity index (χ3n) is 8.24. The van der Waals surface area contributed by atoms with Gasteiger partial charge in [0.2, 0.25) is 5.82 Å². The van der Waals surface area contributed by atoms with Crippen LogP contribution < -0.4 is 15.4 Å². The van der Waals surface area contributed by atoms with Gasteiger partial charge in [0.15, 0.2) is 17.4 Å². The van der Waals surface area contributed by atoms with Gasteiger partial charge in [-0.25, -0.2) is 8.78 Å². The Morgan fingerprint density at radius 1 is 0.976 bits per heavy atom. The molecule has 1 saturated carbocycles. The number of benzene rings is 3. The van der Waals surface area contributed by atoms with E-state index in [2.05, 4.69) is 22.8 Å². The minimum atomic E-state index is -1.31. The number of hydrogen-bond donors (Lipinski definition) is 2. The number of ether oxygens (including phenoxy) is 1. The van der Waals surface area contributed by atoms with Gasteiger partial charge in [-0.15, -0.1) is 0 Å². The molecule has 0 unspecified atom stereocenters. The second-order valence-corrected chi connectivity index (χ2v) is 11.7. The molecule has 2 N–H and O–H groups in total. The summed E-state index contributed by atoms with van der Waals surface area (Å²) >= 11 is 6.48. The average molecular weight is 596 g/mol. The molecule has 220 valence electrons. The van der Waals surface area contributed by atoms with Crippen LogP contribution in [0.3, 0.4) is 0 Å². The average Bonchev–Trinajstić information content (AvgIpc) is 3.84. The van der Waals surface area contributed by atoms with Gasteiger partial charge < -0.3 is 20.3 Å². The maximum atomic E-state index is 14.3. The fraction of sp³-hybridized carbons (Fsp3) is 0.364. The van der Waals surface area contributed by atoms with Crippen LogP contribution in [0.25, 0.3) is 5.57 Å². The summed E-state index contributed by atoms with van der Waals surface area (Å²) in [5.41, 5.74) is 4.89. The fourth-order valence-corrected chi connectivity index (χ4v) is 6.12. The van der Waals surface area contributed by atoms with E-state index in [4.69, 9.17) is 16.3 Å². The van der Waals surface area contributed by atoms with Crippen molar-refractivity contribution >= 4 is 23.1 Å². The van der Waals surface area contributed by atoms with Crippen molar-refractivity contribution in [3.8, 4) is 5.75 Å². The number of carbonyl (C=O) groups is 1. The van der Waals surface area contributed by atoms with Crippen molar-refractivity contribution in [1.82, 2.24) is 15.5 Å². The normalized spacial score (nSPS) is 20.0. The molecule has 6 rings (SSSR count). The van der Waals surface area contributed by atoms with Crippen molar-refractivity contribution in [2.24, 2.45) is 0 Å². The number of aryl methyl sites for hydroxylation is 1. The van der Waals surface area contributed by atoms with Gasteiger partial charge in [-0.3, -0.25) is 4.79 Å². The van der Waals surface area contributed by atoms with Gasteiger partial charge in [0.1, 0.15) is 0 Å². The van der Waals surface area contributed by atoms with Crippen LogP contribution in [0.15, 0.2) is 66.2 Å². The molecule has 2 heterocycles. The topological polar surface area (TPSA) is 53.6 Å². The molecule has 2 atom stereocenters. The van der Waals surface area contributed by atoms with Crippen LogP contribution >= 0.6 is 11.6 Å². The summed E-state index contributed by atoms with van der Waals surface area (Å²) < 4.78 is 46.3. The number of nitrogens with one attached hydrogen (secondary N) is 2. The molecule has 42 heavy (non-hydrogen) atoms. The zero-order valence-corrected chi connectivity index (χ0v) is 23.9. The van der Waals surface area contributed by atoms with Crippen molar-refractivity contribution in [1.29, 1.82) is 0 Å². The Balaban J connectivity index is 1.19. The highest BCUT2D eigenvalue weighted by Gasteiger charge is 2.41. The minimum absolute atomic E-state index is 0.0489. The second-order valence-electron chi connectivity index (χ2n) is 11.2. The molecule has 2 aliphatic heterocycles. The van der Waals surface area contributed by atoms with Crippen LogP contribution in [0, 0.1) is 17.5 Å². The maximum absolute atomic E-state index is 14.3. The lowest BCUT2D eigenvalue weighted by atomic mass is 9.83. The summed E-state index contributed by atoms with van der Waals surface area (Å²) in [6.45, 7) is 2.07. The number of fused-ring (bicyclic) bond motifs is 2. The van der Waals surface area contributed by atoms with E-state index in [9.17, 15) is 18.0 Å². The van der Waals surface area contributed by atoms with Gasteiger partial charge >= 0.3 is 0 Å². The SMILES string of the molecule is O=C(C1=C(c2ccc(CCCOc3c(F)ccc(F)c3F)cc2)C[C@@H]2CNC[C@H]1N2)N(Cc1ccccc1Cl)C1CC1. The number of hydrogen-bond acceptors (Lipinski definition) is 4. The summed E-state index contributed by atoms with van der Waals surface area (Å²) in [7, 11) is 0. The highest BCUT2D eigenvalue weighted by molar-refractivity contribution is 6.31. The van der Waals surface area contributed by atoms with Gasteiger partial charge in [0.25, 0.3) is 5.91 Å². The molecule has 1 saturated heterocycles. The zero-order chi connectivity index (χ0) is 29.2. The Labute approximate surface area is 248 Å². The molecule has 2 fully saturated rings. The first-order valence-electron chi connectivity index (χ1n) is 14.5. The van der Waals surface area contributed by atoms with E-state index in [-0.39, 0.29) is 30.6 Å². The van der Waals surface area contributed by atoms with E-state index in [0.717, 1.165) is 65.8 Å². The van der Waals surface area contributed by atoms with E-state index in [0.29, 0.717) is 31.0 Å².